The van der Waals surface area contributed by atoms with Crippen molar-refractivity contribution in [3.8, 4) is 0 Å². The summed E-state index contributed by atoms with van der Waals surface area (Å²) in [5, 5.41) is 10.6. The Balaban J connectivity index is 5.44. The maximum absolute atomic E-state index is 13.1. The van der Waals surface area contributed by atoms with E-state index in [1.807, 2.05) is 24.3 Å². The van der Waals surface area contributed by atoms with Crippen molar-refractivity contribution in [3.63, 3.8) is 0 Å². The maximum atomic E-state index is 13.1. The Hall–Kier alpha value is -4.02. The van der Waals surface area contributed by atoms with Gasteiger partial charge in [-0.05, 0) is 103 Å². The highest BCUT2D eigenvalue weighted by atomic mass is 31.2. The molecule has 0 radical (unpaired) electrons. The number of phosphoric acid groups is 2. The van der Waals surface area contributed by atoms with Gasteiger partial charge >= 0.3 is 39.5 Å². The van der Waals surface area contributed by atoms with Gasteiger partial charge < -0.3 is 33.8 Å². The second-order valence-corrected chi connectivity index (χ2v) is 30.6. The molecule has 3 N–H and O–H groups in total. The normalized spacial score (nSPS) is 14.3. The Labute approximate surface area is 633 Å². The van der Waals surface area contributed by atoms with Gasteiger partial charge in [0.1, 0.15) is 19.3 Å². The van der Waals surface area contributed by atoms with Crippen LogP contribution in [0, 0.1) is 0 Å². The van der Waals surface area contributed by atoms with Gasteiger partial charge in [0.25, 0.3) is 0 Å². The van der Waals surface area contributed by atoms with E-state index < -0.39 is 97.5 Å². The number of hydrogen-bond acceptors (Lipinski definition) is 15. The standard InChI is InChI=1S/C85H150O17P2/c1-5-9-13-17-21-25-29-33-37-39-43-46-50-54-58-62-66-70-83(88)96-76-81(102-85(90)72-68-64-60-56-52-48-44-40-38-34-30-26-22-18-14-10-6-2)78-100-104(93,94)98-74-79(86)73-97-103(91,92)99-77-80(101-84(89)71-67-63-59-55-51-47-42-36-32-28-24-20-16-12-8-4)75-95-82(87)69-65-61-57-53-49-45-41-35-31-27-23-19-15-11-7-3/h21-22,25-26,33-34,37-38,43-44,46,48,54,56,58,60,79-81,86H,5-20,23-24,27-32,35-36,39-42,45,47,49-53,55,57,59,61-78H2,1-4H3,(H,91,92)(H,93,94)/b25-21-,26-22-,37-33-,38-34-,46-43-,48-44-,58-54-,60-56-/t79-,80+,81+/m0/s1. The number of rotatable bonds is 78. The highest BCUT2D eigenvalue weighted by molar-refractivity contribution is 7.47. The molecule has 0 rings (SSSR count). The van der Waals surface area contributed by atoms with Crippen LogP contribution in [0.1, 0.15) is 362 Å². The second-order valence-electron chi connectivity index (χ2n) is 27.7. The zero-order valence-corrected chi connectivity index (χ0v) is 67.7. The van der Waals surface area contributed by atoms with Gasteiger partial charge in [0.2, 0.25) is 0 Å². The Morgan fingerprint density at radius 2 is 0.481 bits per heavy atom. The lowest BCUT2D eigenvalue weighted by Crippen LogP contribution is -2.30. The summed E-state index contributed by atoms with van der Waals surface area (Å²) in [4.78, 5) is 73.1. The van der Waals surface area contributed by atoms with E-state index in [9.17, 15) is 43.2 Å². The quantitative estimate of drug-likeness (QED) is 0.0169. The molecule has 0 aromatic heterocycles. The Morgan fingerprint density at radius 1 is 0.269 bits per heavy atom. The SMILES string of the molecule is CCCCC/C=C\C/C=C\C/C=C\C/C=C\CCCC(=O)OC[C@H](COP(=O)(O)OC[C@@H](O)COP(=O)(O)OC[C@@H](COC(=O)CCCCCCCCCCCCCCCCC)OC(=O)CCCCCCCCCCCCCCCCC)OC(=O)CCC/C=C\C/C=C\C/C=C\C/C=C\CCCCC. The van der Waals surface area contributed by atoms with E-state index >= 15 is 0 Å². The summed E-state index contributed by atoms with van der Waals surface area (Å²) in [6.07, 6.45) is 82.5. The van der Waals surface area contributed by atoms with Crippen molar-refractivity contribution >= 4 is 39.5 Å². The van der Waals surface area contributed by atoms with Crippen LogP contribution in [0.25, 0.3) is 0 Å². The predicted octanol–water partition coefficient (Wildman–Crippen LogP) is 24.3. The van der Waals surface area contributed by atoms with Gasteiger partial charge in [-0.2, -0.15) is 0 Å². The fourth-order valence-electron chi connectivity index (χ4n) is 11.2. The number of unbranched alkanes of at least 4 members (excludes halogenated alkanes) is 36. The fraction of sp³-hybridized carbons (Fsp3) is 0.765. The Morgan fingerprint density at radius 3 is 0.769 bits per heavy atom. The van der Waals surface area contributed by atoms with Crippen LogP contribution in [0.3, 0.4) is 0 Å². The third-order valence-electron chi connectivity index (χ3n) is 17.6. The monoisotopic (exact) mass is 1510 g/mol. The predicted molar refractivity (Wildman–Crippen MR) is 427 cm³/mol. The summed E-state index contributed by atoms with van der Waals surface area (Å²) in [7, 11) is -9.98. The zero-order valence-electron chi connectivity index (χ0n) is 65.9. The Kier molecular flexibility index (Phi) is 74.2. The fourth-order valence-corrected chi connectivity index (χ4v) is 12.8. The molecule has 2 unspecified atom stereocenters. The number of aliphatic hydroxyl groups is 1. The highest BCUT2D eigenvalue weighted by Gasteiger charge is 2.30. The number of aliphatic hydroxyl groups excluding tert-OH is 1. The van der Waals surface area contributed by atoms with Crippen LogP contribution in [0.2, 0.25) is 0 Å². The lowest BCUT2D eigenvalue weighted by molar-refractivity contribution is -0.161. The lowest BCUT2D eigenvalue weighted by Gasteiger charge is -2.21. The van der Waals surface area contributed by atoms with E-state index in [4.69, 9.17) is 37.0 Å². The summed E-state index contributed by atoms with van der Waals surface area (Å²) in [5.41, 5.74) is 0. The number of phosphoric ester groups is 2. The van der Waals surface area contributed by atoms with Gasteiger partial charge in [-0.3, -0.25) is 37.3 Å². The van der Waals surface area contributed by atoms with Crippen LogP contribution in [-0.2, 0) is 65.4 Å². The first-order valence-corrected chi connectivity index (χ1v) is 44.5. The van der Waals surface area contributed by atoms with Crippen molar-refractivity contribution in [3.05, 3.63) is 97.2 Å². The smallest absolute Gasteiger partial charge is 0.462 e. The van der Waals surface area contributed by atoms with Crippen molar-refractivity contribution in [2.24, 2.45) is 0 Å². The topological polar surface area (TPSA) is 237 Å². The average Bonchev–Trinajstić information content (AvgIpc) is 0.926. The van der Waals surface area contributed by atoms with Crippen molar-refractivity contribution in [2.45, 2.75) is 380 Å². The van der Waals surface area contributed by atoms with Gasteiger partial charge in [-0.25, -0.2) is 9.13 Å². The highest BCUT2D eigenvalue weighted by Crippen LogP contribution is 2.45. The number of allylic oxidation sites excluding steroid dienone is 16. The van der Waals surface area contributed by atoms with Crippen LogP contribution in [0.4, 0.5) is 0 Å². The van der Waals surface area contributed by atoms with E-state index in [0.717, 1.165) is 96.3 Å². The van der Waals surface area contributed by atoms with Gasteiger partial charge in [-0.15, -0.1) is 0 Å². The number of ether oxygens (including phenoxy) is 4. The molecular weight excluding hydrogens is 1350 g/mol. The van der Waals surface area contributed by atoms with E-state index in [2.05, 4.69) is 101 Å². The minimum Gasteiger partial charge on any atom is -0.462 e. The van der Waals surface area contributed by atoms with Gasteiger partial charge in [0.05, 0.1) is 26.4 Å². The van der Waals surface area contributed by atoms with Gasteiger partial charge in [0.15, 0.2) is 12.2 Å². The van der Waals surface area contributed by atoms with Crippen LogP contribution in [0.15, 0.2) is 97.2 Å². The largest absolute Gasteiger partial charge is 0.472 e. The second kappa shape index (κ2) is 77.1. The molecule has 5 atom stereocenters. The van der Waals surface area contributed by atoms with Crippen LogP contribution < -0.4 is 0 Å². The van der Waals surface area contributed by atoms with Crippen molar-refractivity contribution in [2.75, 3.05) is 39.6 Å². The molecule has 0 saturated carbocycles. The third-order valence-corrected chi connectivity index (χ3v) is 19.5. The molecule has 0 aliphatic rings. The average molecular weight is 1510 g/mol. The molecule has 0 aromatic carbocycles. The molecular formula is C85H150O17P2. The van der Waals surface area contributed by atoms with E-state index in [1.54, 1.807) is 0 Å². The van der Waals surface area contributed by atoms with Gasteiger partial charge in [0, 0.05) is 25.7 Å². The molecule has 0 saturated heterocycles. The molecule has 0 bridgehead atoms. The third kappa shape index (κ3) is 76.2. The number of carbonyl (C=O) groups excluding carboxylic acids is 4. The van der Waals surface area contributed by atoms with Crippen molar-refractivity contribution < 1.29 is 80.2 Å². The van der Waals surface area contributed by atoms with E-state index in [0.29, 0.717) is 38.5 Å². The lowest BCUT2D eigenvalue weighted by atomic mass is 10.0. The van der Waals surface area contributed by atoms with Crippen molar-refractivity contribution in [1.82, 2.24) is 0 Å². The number of hydrogen-bond donors (Lipinski definition) is 3. The summed E-state index contributed by atoms with van der Waals surface area (Å²) in [5.74, 6) is -2.28. The summed E-state index contributed by atoms with van der Waals surface area (Å²) in [6, 6.07) is 0. The van der Waals surface area contributed by atoms with Gasteiger partial charge in [-0.1, -0.05) is 330 Å². The first kappa shape index (κ1) is 100.0. The van der Waals surface area contributed by atoms with Crippen molar-refractivity contribution in [1.29, 1.82) is 0 Å². The van der Waals surface area contributed by atoms with E-state index in [-0.39, 0.29) is 25.7 Å². The van der Waals surface area contributed by atoms with E-state index in [1.165, 1.54) is 173 Å². The first-order chi connectivity index (χ1) is 50.7. The minimum atomic E-state index is -5.00. The molecule has 0 amide bonds. The minimum absolute atomic E-state index is 0.00785. The van der Waals surface area contributed by atoms with Crippen LogP contribution in [0.5, 0.6) is 0 Å². The molecule has 0 aromatic rings. The summed E-state index contributed by atoms with van der Waals surface area (Å²) < 4.78 is 68.6. The molecule has 0 spiro atoms. The van der Waals surface area contributed by atoms with Crippen LogP contribution in [-0.4, -0.2) is 96.7 Å². The Bertz CT molecular complexity index is 2350. The summed E-state index contributed by atoms with van der Waals surface area (Å²) >= 11 is 0. The maximum Gasteiger partial charge on any atom is 0.472 e. The molecule has 0 fully saturated rings. The first-order valence-electron chi connectivity index (χ1n) is 41.5. The van der Waals surface area contributed by atoms with Crippen LogP contribution >= 0.6 is 15.6 Å². The summed E-state index contributed by atoms with van der Waals surface area (Å²) in [6.45, 7) is 4.76. The molecule has 0 heterocycles. The molecule has 0 aliphatic heterocycles. The molecule has 602 valence electrons. The molecule has 0 aliphatic carbocycles. The number of esters is 4. The molecule has 104 heavy (non-hydrogen) atoms. The molecule has 19 heteroatoms. The zero-order chi connectivity index (χ0) is 76.0. The number of carbonyl (C=O) groups is 4. The molecule has 17 nitrogen and oxygen atoms in total.